The summed E-state index contributed by atoms with van der Waals surface area (Å²) in [7, 11) is 2.08. The van der Waals surface area contributed by atoms with E-state index < -0.39 is 5.60 Å². The van der Waals surface area contributed by atoms with Crippen molar-refractivity contribution in [3.63, 3.8) is 0 Å². The molecule has 0 rings (SSSR count). The molecule has 0 aliphatic heterocycles. The summed E-state index contributed by atoms with van der Waals surface area (Å²) in [6, 6.07) is 0.577. The second kappa shape index (κ2) is 5.58. The molecule has 2 unspecified atom stereocenters. The summed E-state index contributed by atoms with van der Waals surface area (Å²) in [5.41, 5.74) is 4.73. The van der Waals surface area contributed by atoms with E-state index in [1.165, 1.54) is 0 Å². The number of nitrogens with zero attached hydrogens (tertiary/aromatic N) is 1. The van der Waals surface area contributed by atoms with E-state index in [9.17, 15) is 5.11 Å². The SMILES string of the molecule is CCC(C)N(C)CCC(C)(O)CN. The molecule has 80 valence electrons. The van der Waals surface area contributed by atoms with Gasteiger partial charge >= 0.3 is 0 Å². The summed E-state index contributed by atoms with van der Waals surface area (Å²) < 4.78 is 0. The van der Waals surface area contributed by atoms with Gasteiger partial charge in [0, 0.05) is 19.1 Å². The first-order valence-electron chi connectivity index (χ1n) is 5.05. The predicted molar refractivity (Wildman–Crippen MR) is 56.7 cm³/mol. The lowest BCUT2D eigenvalue weighted by Crippen LogP contribution is -2.39. The van der Waals surface area contributed by atoms with Crippen LogP contribution in [0.4, 0.5) is 0 Å². The van der Waals surface area contributed by atoms with Crippen LogP contribution in [0.2, 0.25) is 0 Å². The highest BCUT2D eigenvalue weighted by Gasteiger charge is 2.19. The third-order valence-electron chi connectivity index (χ3n) is 2.79. The van der Waals surface area contributed by atoms with E-state index >= 15 is 0 Å². The van der Waals surface area contributed by atoms with Gasteiger partial charge in [0.25, 0.3) is 0 Å². The molecule has 3 nitrogen and oxygen atoms in total. The topological polar surface area (TPSA) is 49.5 Å². The number of rotatable bonds is 6. The lowest BCUT2D eigenvalue weighted by atomic mass is 10.0. The van der Waals surface area contributed by atoms with Crippen LogP contribution in [0, 0.1) is 0 Å². The van der Waals surface area contributed by atoms with Gasteiger partial charge in [0.1, 0.15) is 0 Å². The second-order valence-electron chi connectivity index (χ2n) is 4.19. The van der Waals surface area contributed by atoms with Crippen LogP contribution in [-0.2, 0) is 0 Å². The summed E-state index contributed by atoms with van der Waals surface area (Å²) in [4.78, 5) is 2.25. The monoisotopic (exact) mass is 188 g/mol. The van der Waals surface area contributed by atoms with Gasteiger partial charge in [-0.15, -0.1) is 0 Å². The zero-order valence-corrected chi connectivity index (χ0v) is 9.38. The Kier molecular flexibility index (Phi) is 5.53. The molecule has 13 heavy (non-hydrogen) atoms. The van der Waals surface area contributed by atoms with Gasteiger partial charge < -0.3 is 15.7 Å². The molecule has 0 saturated heterocycles. The minimum Gasteiger partial charge on any atom is -0.389 e. The number of nitrogens with two attached hydrogens (primary N) is 1. The molecule has 0 aromatic carbocycles. The van der Waals surface area contributed by atoms with Crippen molar-refractivity contribution in [3.05, 3.63) is 0 Å². The van der Waals surface area contributed by atoms with Crippen molar-refractivity contribution < 1.29 is 5.11 Å². The first-order chi connectivity index (χ1) is 5.93. The molecule has 3 N–H and O–H groups in total. The maximum atomic E-state index is 9.67. The average molecular weight is 188 g/mol. The molecule has 0 radical (unpaired) electrons. The Morgan fingerprint density at radius 3 is 2.46 bits per heavy atom. The van der Waals surface area contributed by atoms with Crippen molar-refractivity contribution in [1.29, 1.82) is 0 Å². The molecule has 0 heterocycles. The van der Waals surface area contributed by atoms with E-state index in [2.05, 4.69) is 25.8 Å². The molecule has 0 spiro atoms. The zero-order chi connectivity index (χ0) is 10.5. The standard InChI is InChI=1S/C10H24N2O/c1-5-9(2)12(4)7-6-10(3,13)8-11/h9,13H,5-8,11H2,1-4H3. The van der Waals surface area contributed by atoms with Crippen molar-refractivity contribution in [2.45, 2.75) is 45.3 Å². The van der Waals surface area contributed by atoms with Crippen molar-refractivity contribution in [2.75, 3.05) is 20.1 Å². The van der Waals surface area contributed by atoms with Crippen LogP contribution >= 0.6 is 0 Å². The van der Waals surface area contributed by atoms with Crippen molar-refractivity contribution in [1.82, 2.24) is 4.90 Å². The number of hydrogen-bond donors (Lipinski definition) is 2. The zero-order valence-electron chi connectivity index (χ0n) is 9.38. The minimum absolute atomic E-state index is 0.335. The van der Waals surface area contributed by atoms with Gasteiger partial charge in [0.2, 0.25) is 0 Å². The lowest BCUT2D eigenvalue weighted by Gasteiger charge is -2.28. The lowest BCUT2D eigenvalue weighted by molar-refractivity contribution is 0.0465. The van der Waals surface area contributed by atoms with Gasteiger partial charge in [-0.05, 0) is 33.7 Å². The molecule has 0 amide bonds. The Bertz CT molecular complexity index is 137. The largest absolute Gasteiger partial charge is 0.389 e. The Labute approximate surface area is 81.9 Å². The molecule has 0 fully saturated rings. The highest BCUT2D eigenvalue weighted by atomic mass is 16.3. The van der Waals surface area contributed by atoms with Crippen LogP contribution in [0.5, 0.6) is 0 Å². The second-order valence-corrected chi connectivity index (χ2v) is 4.19. The van der Waals surface area contributed by atoms with E-state index in [0.717, 1.165) is 19.4 Å². The Morgan fingerprint density at radius 1 is 1.54 bits per heavy atom. The number of aliphatic hydroxyl groups is 1. The summed E-state index contributed by atoms with van der Waals surface area (Å²) in [5, 5.41) is 9.67. The van der Waals surface area contributed by atoms with Crippen LogP contribution in [0.1, 0.15) is 33.6 Å². The van der Waals surface area contributed by atoms with Crippen LogP contribution < -0.4 is 5.73 Å². The molecule has 0 bridgehead atoms. The third-order valence-corrected chi connectivity index (χ3v) is 2.79. The maximum absolute atomic E-state index is 9.67. The fourth-order valence-electron chi connectivity index (χ4n) is 1.05. The van der Waals surface area contributed by atoms with Crippen molar-refractivity contribution >= 4 is 0 Å². The van der Waals surface area contributed by atoms with Gasteiger partial charge in [-0.2, -0.15) is 0 Å². The molecule has 3 heteroatoms. The predicted octanol–water partition coefficient (Wildman–Crippen LogP) is 0.817. The van der Waals surface area contributed by atoms with Gasteiger partial charge in [-0.25, -0.2) is 0 Å². The first kappa shape index (κ1) is 12.9. The molecule has 0 aromatic heterocycles. The maximum Gasteiger partial charge on any atom is 0.0753 e. The normalized spacial score (nSPS) is 18.7. The third kappa shape index (κ3) is 5.24. The molecule has 2 atom stereocenters. The van der Waals surface area contributed by atoms with Crippen LogP contribution in [-0.4, -0.2) is 41.8 Å². The van der Waals surface area contributed by atoms with Gasteiger partial charge in [0.05, 0.1) is 5.60 Å². The van der Waals surface area contributed by atoms with E-state index in [0.29, 0.717) is 12.6 Å². The van der Waals surface area contributed by atoms with E-state index in [-0.39, 0.29) is 0 Å². The fourth-order valence-corrected chi connectivity index (χ4v) is 1.05. The molecular formula is C10H24N2O. The fraction of sp³-hybridized carbons (Fsp3) is 1.00. The van der Waals surface area contributed by atoms with Crippen LogP contribution in [0.15, 0.2) is 0 Å². The van der Waals surface area contributed by atoms with E-state index in [1.807, 2.05) is 0 Å². The summed E-state index contributed by atoms with van der Waals surface area (Å²) in [5.74, 6) is 0. The Hall–Kier alpha value is -0.120. The number of hydrogen-bond acceptors (Lipinski definition) is 3. The highest BCUT2D eigenvalue weighted by Crippen LogP contribution is 2.09. The molecule has 0 aliphatic carbocycles. The Morgan fingerprint density at radius 2 is 2.08 bits per heavy atom. The van der Waals surface area contributed by atoms with Gasteiger partial charge in [-0.3, -0.25) is 0 Å². The molecule has 0 saturated carbocycles. The van der Waals surface area contributed by atoms with Crippen LogP contribution in [0.3, 0.4) is 0 Å². The molecule has 0 aliphatic rings. The summed E-state index contributed by atoms with van der Waals surface area (Å²) in [6.07, 6.45) is 1.88. The summed E-state index contributed by atoms with van der Waals surface area (Å²) >= 11 is 0. The van der Waals surface area contributed by atoms with E-state index in [1.54, 1.807) is 6.92 Å². The van der Waals surface area contributed by atoms with Crippen molar-refractivity contribution in [2.24, 2.45) is 5.73 Å². The Balaban J connectivity index is 3.75. The van der Waals surface area contributed by atoms with Crippen LogP contribution in [0.25, 0.3) is 0 Å². The minimum atomic E-state index is -0.707. The van der Waals surface area contributed by atoms with Gasteiger partial charge in [0.15, 0.2) is 0 Å². The average Bonchev–Trinajstić information content (AvgIpc) is 2.13. The summed E-state index contributed by atoms with van der Waals surface area (Å²) in [6.45, 7) is 7.39. The first-order valence-corrected chi connectivity index (χ1v) is 5.05. The van der Waals surface area contributed by atoms with Crippen molar-refractivity contribution in [3.8, 4) is 0 Å². The quantitative estimate of drug-likeness (QED) is 0.649. The highest BCUT2D eigenvalue weighted by molar-refractivity contribution is 4.75. The molecule has 0 aromatic rings. The van der Waals surface area contributed by atoms with Gasteiger partial charge in [-0.1, -0.05) is 6.92 Å². The molecular weight excluding hydrogens is 164 g/mol. The smallest absolute Gasteiger partial charge is 0.0753 e. The van der Waals surface area contributed by atoms with E-state index in [4.69, 9.17) is 5.73 Å².